The highest BCUT2D eigenvalue weighted by Crippen LogP contribution is 2.43. The van der Waals surface area contributed by atoms with Crippen LogP contribution in [0.4, 0.5) is 17.1 Å². The Balaban J connectivity index is 1.19. The average molecular weight is 578 g/mol. The van der Waals surface area contributed by atoms with Gasteiger partial charge in [-0.3, -0.25) is 0 Å². The molecule has 0 spiro atoms. The Morgan fingerprint density at radius 3 is 1.49 bits per heavy atom. The molecule has 212 valence electrons. The monoisotopic (exact) mass is 577 g/mol. The molecule has 2 heterocycles. The summed E-state index contributed by atoms with van der Waals surface area (Å²) < 4.78 is 12.9. The van der Waals surface area contributed by atoms with Crippen LogP contribution in [0.1, 0.15) is 0 Å². The van der Waals surface area contributed by atoms with E-state index in [1.165, 1.54) is 11.1 Å². The van der Waals surface area contributed by atoms with Gasteiger partial charge in [0.05, 0.1) is 5.69 Å². The van der Waals surface area contributed by atoms with Crippen LogP contribution in [-0.2, 0) is 0 Å². The van der Waals surface area contributed by atoms with E-state index in [0.717, 1.165) is 72.1 Å². The molecule has 0 aliphatic heterocycles. The molecular formula is C42H27NO2. The molecule has 0 aliphatic carbocycles. The van der Waals surface area contributed by atoms with Crippen LogP contribution in [0.2, 0.25) is 0 Å². The third kappa shape index (κ3) is 4.21. The van der Waals surface area contributed by atoms with Crippen molar-refractivity contribution in [2.24, 2.45) is 0 Å². The van der Waals surface area contributed by atoms with Gasteiger partial charge in [-0.25, -0.2) is 0 Å². The Kier molecular flexibility index (Phi) is 5.82. The normalized spacial score (nSPS) is 11.6. The molecule has 0 atom stereocenters. The fraction of sp³-hybridized carbons (Fsp3) is 0. The zero-order chi connectivity index (χ0) is 29.7. The van der Waals surface area contributed by atoms with Gasteiger partial charge in [-0.05, 0) is 59.2 Å². The van der Waals surface area contributed by atoms with Crippen molar-refractivity contribution in [3.63, 3.8) is 0 Å². The van der Waals surface area contributed by atoms with Crippen LogP contribution < -0.4 is 4.90 Å². The largest absolute Gasteiger partial charge is 0.455 e. The van der Waals surface area contributed by atoms with Gasteiger partial charge in [0.1, 0.15) is 16.7 Å². The molecule has 3 nitrogen and oxygen atoms in total. The number of furan rings is 2. The molecule has 0 N–H and O–H groups in total. The van der Waals surface area contributed by atoms with Crippen molar-refractivity contribution in [2.75, 3.05) is 4.90 Å². The number of nitrogens with zero attached hydrogens (tertiary/aromatic N) is 1. The molecule has 0 unspecified atom stereocenters. The highest BCUT2D eigenvalue weighted by molar-refractivity contribution is 6.11. The Morgan fingerprint density at radius 2 is 0.822 bits per heavy atom. The van der Waals surface area contributed by atoms with E-state index in [-0.39, 0.29) is 0 Å². The summed E-state index contributed by atoms with van der Waals surface area (Å²) in [4.78, 5) is 2.28. The highest BCUT2D eigenvalue weighted by atomic mass is 16.3. The maximum absolute atomic E-state index is 6.52. The van der Waals surface area contributed by atoms with Crippen LogP contribution in [0, 0.1) is 0 Å². The number of hydrogen-bond donors (Lipinski definition) is 0. The van der Waals surface area contributed by atoms with Crippen molar-refractivity contribution < 1.29 is 8.83 Å². The van der Waals surface area contributed by atoms with Crippen LogP contribution in [-0.4, -0.2) is 0 Å². The van der Waals surface area contributed by atoms with Gasteiger partial charge >= 0.3 is 0 Å². The predicted molar refractivity (Wildman–Crippen MR) is 187 cm³/mol. The number of para-hydroxylation sites is 4. The number of benzene rings is 7. The van der Waals surface area contributed by atoms with Crippen molar-refractivity contribution in [1.29, 1.82) is 0 Å². The third-order valence-corrected chi connectivity index (χ3v) is 8.70. The minimum absolute atomic E-state index is 0.863. The van der Waals surface area contributed by atoms with E-state index >= 15 is 0 Å². The zero-order valence-corrected chi connectivity index (χ0v) is 24.4. The SMILES string of the molecule is c1ccc(-c2ccc(N(c3ccc(-c4cccc5c4oc4ccccc45)cc3)c3cccc4c3oc3ccccc34)cc2)cc1. The summed E-state index contributed by atoms with van der Waals surface area (Å²) in [5.41, 5.74) is 11.2. The fourth-order valence-electron chi connectivity index (χ4n) is 6.53. The van der Waals surface area contributed by atoms with E-state index in [9.17, 15) is 0 Å². The lowest BCUT2D eigenvalue weighted by Crippen LogP contribution is -2.10. The van der Waals surface area contributed by atoms with E-state index in [0.29, 0.717) is 0 Å². The molecule has 0 bridgehead atoms. The number of anilines is 3. The van der Waals surface area contributed by atoms with Gasteiger partial charge < -0.3 is 13.7 Å². The van der Waals surface area contributed by atoms with Crippen molar-refractivity contribution in [1.82, 2.24) is 0 Å². The topological polar surface area (TPSA) is 29.5 Å². The lowest BCUT2D eigenvalue weighted by Gasteiger charge is -2.26. The molecular weight excluding hydrogens is 550 g/mol. The summed E-state index contributed by atoms with van der Waals surface area (Å²) in [6, 6.07) is 57.2. The van der Waals surface area contributed by atoms with Crippen LogP contribution >= 0.6 is 0 Å². The van der Waals surface area contributed by atoms with Gasteiger partial charge in [0, 0.05) is 38.5 Å². The van der Waals surface area contributed by atoms with Crippen molar-refractivity contribution in [3.05, 3.63) is 164 Å². The van der Waals surface area contributed by atoms with E-state index in [1.807, 2.05) is 30.3 Å². The summed E-state index contributed by atoms with van der Waals surface area (Å²) in [6.07, 6.45) is 0. The quantitative estimate of drug-likeness (QED) is 0.204. The first-order valence-electron chi connectivity index (χ1n) is 15.2. The molecule has 3 heteroatoms. The highest BCUT2D eigenvalue weighted by Gasteiger charge is 2.20. The summed E-state index contributed by atoms with van der Waals surface area (Å²) >= 11 is 0. The summed E-state index contributed by atoms with van der Waals surface area (Å²) in [5.74, 6) is 0. The van der Waals surface area contributed by atoms with Gasteiger partial charge in [-0.1, -0.05) is 121 Å². The molecule has 45 heavy (non-hydrogen) atoms. The second kappa shape index (κ2) is 10.3. The minimum atomic E-state index is 0.863. The Labute approximate surface area is 260 Å². The Hall–Kier alpha value is -6.06. The van der Waals surface area contributed by atoms with Gasteiger partial charge in [0.15, 0.2) is 5.58 Å². The molecule has 0 saturated heterocycles. The maximum Gasteiger partial charge on any atom is 0.159 e. The van der Waals surface area contributed by atoms with Crippen LogP contribution in [0.5, 0.6) is 0 Å². The summed E-state index contributed by atoms with van der Waals surface area (Å²) in [7, 11) is 0. The summed E-state index contributed by atoms with van der Waals surface area (Å²) in [6.45, 7) is 0. The lowest BCUT2D eigenvalue weighted by atomic mass is 10.0. The molecule has 9 aromatic rings. The fourth-order valence-corrected chi connectivity index (χ4v) is 6.53. The number of hydrogen-bond acceptors (Lipinski definition) is 3. The number of fused-ring (bicyclic) bond motifs is 6. The van der Waals surface area contributed by atoms with Crippen LogP contribution in [0.15, 0.2) is 173 Å². The first-order chi connectivity index (χ1) is 22.3. The van der Waals surface area contributed by atoms with E-state index < -0.39 is 0 Å². The second-order valence-electron chi connectivity index (χ2n) is 11.3. The van der Waals surface area contributed by atoms with Gasteiger partial charge in [-0.15, -0.1) is 0 Å². The smallest absolute Gasteiger partial charge is 0.159 e. The molecule has 7 aromatic carbocycles. The molecule has 0 amide bonds. The first-order valence-corrected chi connectivity index (χ1v) is 15.2. The van der Waals surface area contributed by atoms with Crippen molar-refractivity contribution >= 4 is 60.9 Å². The lowest BCUT2D eigenvalue weighted by molar-refractivity contribution is 0.669. The number of rotatable bonds is 5. The predicted octanol–water partition coefficient (Wildman–Crippen LogP) is 12.3. The third-order valence-electron chi connectivity index (χ3n) is 8.70. The summed E-state index contributed by atoms with van der Waals surface area (Å²) in [5, 5.41) is 4.48. The van der Waals surface area contributed by atoms with Crippen molar-refractivity contribution in [2.45, 2.75) is 0 Å². The van der Waals surface area contributed by atoms with Crippen molar-refractivity contribution in [3.8, 4) is 22.3 Å². The zero-order valence-electron chi connectivity index (χ0n) is 24.4. The minimum Gasteiger partial charge on any atom is -0.455 e. The standard InChI is InChI=1S/C42H27NO2/c1-2-10-28(11-3-1)29-20-24-31(25-21-29)43(38-17-9-16-37-35-13-5-7-19-40(35)45-42(37)38)32-26-22-30(23-27-32)33-14-8-15-36-34-12-4-6-18-39(34)44-41(33)36/h1-27H. The Morgan fingerprint density at radius 1 is 0.333 bits per heavy atom. The molecule has 0 saturated carbocycles. The van der Waals surface area contributed by atoms with Gasteiger partial charge in [-0.2, -0.15) is 0 Å². The van der Waals surface area contributed by atoms with E-state index in [2.05, 4.69) is 138 Å². The second-order valence-corrected chi connectivity index (χ2v) is 11.3. The molecule has 0 radical (unpaired) electrons. The molecule has 0 fully saturated rings. The molecule has 0 aliphatic rings. The maximum atomic E-state index is 6.52. The van der Waals surface area contributed by atoms with Crippen LogP contribution in [0.3, 0.4) is 0 Å². The van der Waals surface area contributed by atoms with Gasteiger partial charge in [0.25, 0.3) is 0 Å². The molecule has 2 aromatic heterocycles. The van der Waals surface area contributed by atoms with E-state index in [1.54, 1.807) is 0 Å². The van der Waals surface area contributed by atoms with Gasteiger partial charge in [0.2, 0.25) is 0 Å². The average Bonchev–Trinajstić information content (AvgIpc) is 3.69. The van der Waals surface area contributed by atoms with E-state index in [4.69, 9.17) is 8.83 Å². The molecule has 9 rings (SSSR count). The van der Waals surface area contributed by atoms with Crippen LogP contribution in [0.25, 0.3) is 66.1 Å². The first kappa shape index (κ1) is 25.4. The Bertz CT molecular complexity index is 2470.